The van der Waals surface area contributed by atoms with Crippen molar-refractivity contribution < 1.29 is 4.52 Å². The average Bonchev–Trinajstić information content (AvgIpc) is 3.19. The highest BCUT2D eigenvalue weighted by Gasteiger charge is 2.14. The first-order valence-corrected chi connectivity index (χ1v) is 8.83. The molecule has 0 N–H and O–H groups in total. The van der Waals surface area contributed by atoms with Gasteiger partial charge in [-0.1, -0.05) is 5.16 Å². The molecule has 2 aromatic rings. The van der Waals surface area contributed by atoms with Gasteiger partial charge in [-0.25, -0.2) is 0 Å². The fourth-order valence-electron chi connectivity index (χ4n) is 3.07. The molecule has 1 aliphatic rings. The van der Waals surface area contributed by atoms with Gasteiger partial charge in [-0.2, -0.15) is 0 Å². The Balaban J connectivity index is 1.55. The van der Waals surface area contributed by atoms with Gasteiger partial charge in [0.05, 0.1) is 5.69 Å². The van der Waals surface area contributed by atoms with Gasteiger partial charge in [0.25, 0.3) is 0 Å². The standard InChI is InChI=1S/C17H25N3OS/c1-13-17(14(2)21-18-13)12-19(3)10-15-6-7-16(22-15)11-20-8-4-5-9-20/h6-7H,4-5,8-12H2,1-3H3. The molecule has 0 spiro atoms. The number of thiophene rings is 1. The van der Waals surface area contributed by atoms with Crippen LogP contribution in [-0.2, 0) is 19.6 Å². The quantitative estimate of drug-likeness (QED) is 0.815. The normalized spacial score (nSPS) is 16.0. The highest BCUT2D eigenvalue weighted by Crippen LogP contribution is 2.23. The second kappa shape index (κ2) is 6.94. The van der Waals surface area contributed by atoms with E-state index < -0.39 is 0 Å². The minimum atomic E-state index is 0.889. The van der Waals surface area contributed by atoms with Crippen molar-refractivity contribution in [3.8, 4) is 0 Å². The van der Waals surface area contributed by atoms with Gasteiger partial charge in [0.1, 0.15) is 5.76 Å². The van der Waals surface area contributed by atoms with Crippen LogP contribution >= 0.6 is 11.3 Å². The molecule has 1 saturated heterocycles. The van der Waals surface area contributed by atoms with Crippen molar-refractivity contribution in [1.29, 1.82) is 0 Å². The van der Waals surface area contributed by atoms with Crippen molar-refractivity contribution in [2.45, 2.75) is 46.3 Å². The molecule has 3 heterocycles. The van der Waals surface area contributed by atoms with Gasteiger partial charge in [0, 0.05) is 35.0 Å². The summed E-state index contributed by atoms with van der Waals surface area (Å²) in [5.74, 6) is 0.935. The molecule has 3 rings (SSSR count). The van der Waals surface area contributed by atoms with Crippen LogP contribution in [0.25, 0.3) is 0 Å². The highest BCUT2D eigenvalue weighted by molar-refractivity contribution is 7.11. The molecule has 1 fully saturated rings. The Morgan fingerprint density at radius 1 is 1.18 bits per heavy atom. The van der Waals surface area contributed by atoms with Gasteiger partial charge in [-0.05, 0) is 59.0 Å². The number of rotatable bonds is 6. The van der Waals surface area contributed by atoms with E-state index in [1.807, 2.05) is 25.2 Å². The lowest BCUT2D eigenvalue weighted by Crippen LogP contribution is -2.18. The second-order valence-corrected chi connectivity index (χ2v) is 7.58. The first kappa shape index (κ1) is 15.7. The molecule has 0 aliphatic carbocycles. The molecule has 0 amide bonds. The van der Waals surface area contributed by atoms with Crippen LogP contribution in [-0.4, -0.2) is 35.1 Å². The summed E-state index contributed by atoms with van der Waals surface area (Å²) < 4.78 is 5.25. The molecule has 4 nitrogen and oxygen atoms in total. The van der Waals surface area contributed by atoms with Crippen molar-refractivity contribution in [3.63, 3.8) is 0 Å². The van der Waals surface area contributed by atoms with E-state index >= 15 is 0 Å². The van der Waals surface area contributed by atoms with Crippen LogP contribution in [0.15, 0.2) is 16.7 Å². The smallest absolute Gasteiger partial charge is 0.138 e. The van der Waals surface area contributed by atoms with Crippen molar-refractivity contribution in [3.05, 3.63) is 38.9 Å². The molecule has 0 saturated carbocycles. The van der Waals surface area contributed by atoms with E-state index in [0.717, 1.165) is 31.1 Å². The molecule has 0 radical (unpaired) electrons. The van der Waals surface area contributed by atoms with Crippen LogP contribution in [0.1, 0.15) is 39.6 Å². The predicted octanol–water partition coefficient (Wildman–Crippen LogP) is 3.58. The maximum absolute atomic E-state index is 5.25. The summed E-state index contributed by atoms with van der Waals surface area (Å²) in [7, 11) is 2.16. The summed E-state index contributed by atoms with van der Waals surface area (Å²) in [4.78, 5) is 7.81. The zero-order chi connectivity index (χ0) is 15.5. The zero-order valence-electron chi connectivity index (χ0n) is 13.8. The molecule has 0 bridgehead atoms. The summed E-state index contributed by atoms with van der Waals surface area (Å²) in [5, 5.41) is 4.03. The van der Waals surface area contributed by atoms with Gasteiger partial charge < -0.3 is 4.52 Å². The summed E-state index contributed by atoms with van der Waals surface area (Å²) >= 11 is 1.95. The third-order valence-corrected chi connectivity index (χ3v) is 5.39. The summed E-state index contributed by atoms with van der Waals surface area (Å²) in [6, 6.07) is 4.57. The molecule has 2 aromatic heterocycles. The largest absolute Gasteiger partial charge is 0.361 e. The Labute approximate surface area is 136 Å². The predicted molar refractivity (Wildman–Crippen MR) is 90.0 cm³/mol. The number of nitrogens with zero attached hydrogens (tertiary/aromatic N) is 3. The van der Waals surface area contributed by atoms with Crippen LogP contribution in [0, 0.1) is 13.8 Å². The van der Waals surface area contributed by atoms with Crippen LogP contribution in [0.2, 0.25) is 0 Å². The average molecular weight is 319 g/mol. The van der Waals surface area contributed by atoms with Crippen LogP contribution < -0.4 is 0 Å². The first-order valence-electron chi connectivity index (χ1n) is 8.02. The van der Waals surface area contributed by atoms with E-state index in [-0.39, 0.29) is 0 Å². The SMILES string of the molecule is Cc1noc(C)c1CN(C)Cc1ccc(CN2CCCC2)s1. The lowest BCUT2D eigenvalue weighted by Gasteiger charge is -2.15. The molecule has 0 atom stereocenters. The molecule has 0 aromatic carbocycles. The van der Waals surface area contributed by atoms with Crippen molar-refractivity contribution in [2.75, 3.05) is 20.1 Å². The highest BCUT2D eigenvalue weighted by atomic mass is 32.1. The van der Waals surface area contributed by atoms with Crippen molar-refractivity contribution in [2.24, 2.45) is 0 Å². The molecule has 22 heavy (non-hydrogen) atoms. The van der Waals surface area contributed by atoms with Crippen molar-refractivity contribution >= 4 is 11.3 Å². The lowest BCUT2D eigenvalue weighted by molar-refractivity contribution is 0.317. The number of aromatic nitrogens is 1. The summed E-state index contributed by atoms with van der Waals surface area (Å²) in [6.07, 6.45) is 2.72. The van der Waals surface area contributed by atoms with E-state index in [2.05, 4.69) is 34.1 Å². The fourth-order valence-corrected chi connectivity index (χ4v) is 4.21. The Bertz CT molecular complexity index is 594. The molecule has 0 unspecified atom stereocenters. The van der Waals surface area contributed by atoms with E-state index in [9.17, 15) is 0 Å². The second-order valence-electron chi connectivity index (χ2n) is 6.33. The lowest BCUT2D eigenvalue weighted by atomic mass is 10.2. The summed E-state index contributed by atoms with van der Waals surface area (Å²) in [5.41, 5.74) is 2.22. The Hall–Kier alpha value is -1.17. The Kier molecular flexibility index (Phi) is 4.96. The zero-order valence-corrected chi connectivity index (χ0v) is 14.6. The number of aryl methyl sites for hydroxylation is 2. The molecule has 5 heteroatoms. The van der Waals surface area contributed by atoms with Crippen LogP contribution in [0.4, 0.5) is 0 Å². The van der Waals surface area contributed by atoms with Crippen LogP contribution in [0.3, 0.4) is 0 Å². The fraction of sp³-hybridized carbons (Fsp3) is 0.588. The number of hydrogen-bond donors (Lipinski definition) is 0. The van der Waals surface area contributed by atoms with Crippen LogP contribution in [0.5, 0.6) is 0 Å². The Morgan fingerprint density at radius 3 is 2.59 bits per heavy atom. The van der Waals surface area contributed by atoms with Crippen molar-refractivity contribution in [1.82, 2.24) is 15.0 Å². The van der Waals surface area contributed by atoms with Gasteiger partial charge >= 0.3 is 0 Å². The van der Waals surface area contributed by atoms with E-state index in [1.54, 1.807) is 0 Å². The van der Waals surface area contributed by atoms with Gasteiger partial charge in [-0.3, -0.25) is 9.80 Å². The maximum Gasteiger partial charge on any atom is 0.138 e. The van der Waals surface area contributed by atoms with E-state index in [1.165, 1.54) is 41.2 Å². The minimum absolute atomic E-state index is 0.889. The molecule has 1 aliphatic heterocycles. The molecular formula is C17H25N3OS. The third kappa shape index (κ3) is 3.77. The molecule has 120 valence electrons. The number of likely N-dealkylation sites (tertiary alicyclic amines) is 1. The topological polar surface area (TPSA) is 32.5 Å². The van der Waals surface area contributed by atoms with E-state index in [4.69, 9.17) is 4.52 Å². The van der Waals surface area contributed by atoms with Gasteiger partial charge in [0.15, 0.2) is 0 Å². The Morgan fingerprint density at radius 2 is 1.91 bits per heavy atom. The van der Waals surface area contributed by atoms with Gasteiger partial charge in [-0.15, -0.1) is 11.3 Å². The monoisotopic (exact) mass is 319 g/mol. The first-order chi connectivity index (χ1) is 10.6. The van der Waals surface area contributed by atoms with E-state index in [0.29, 0.717) is 0 Å². The minimum Gasteiger partial charge on any atom is -0.361 e. The summed E-state index contributed by atoms with van der Waals surface area (Å²) in [6.45, 7) is 9.52. The van der Waals surface area contributed by atoms with Gasteiger partial charge in [0.2, 0.25) is 0 Å². The molecular weight excluding hydrogens is 294 g/mol. The number of hydrogen-bond acceptors (Lipinski definition) is 5. The third-order valence-electron chi connectivity index (χ3n) is 4.33. The maximum atomic E-state index is 5.25.